The Bertz CT molecular complexity index is 1050. The van der Waals surface area contributed by atoms with E-state index in [4.69, 9.17) is 4.42 Å². The van der Waals surface area contributed by atoms with Crippen LogP contribution in [0.2, 0.25) is 0 Å². The number of carbonyl (C=O) groups excluding carboxylic acids is 2. The van der Waals surface area contributed by atoms with Crippen LogP contribution in [0.1, 0.15) is 67.1 Å². The van der Waals surface area contributed by atoms with E-state index >= 15 is 0 Å². The molecule has 8 nitrogen and oxygen atoms in total. The van der Waals surface area contributed by atoms with Crippen LogP contribution in [0.4, 0.5) is 0 Å². The van der Waals surface area contributed by atoms with E-state index in [9.17, 15) is 9.59 Å². The molecule has 2 unspecified atom stereocenters. The third kappa shape index (κ3) is 4.84. The topological polar surface area (TPSA) is 93.3 Å². The number of carbonyl (C=O) groups is 2. The first-order valence-corrected chi connectivity index (χ1v) is 11.4. The first-order chi connectivity index (χ1) is 15.5. The Hall–Kier alpha value is -3.16. The van der Waals surface area contributed by atoms with Crippen molar-refractivity contribution in [2.45, 2.75) is 46.1 Å². The molecule has 1 N–H and O–H groups in total. The van der Waals surface area contributed by atoms with E-state index in [1.165, 1.54) is 0 Å². The standard InChI is InChI=1S/C24H31N5O3/c1-4-10-28(24(31)20-6-9-27-29(20)16(2)3)11-7-17-12-19(17)14-26-23(30)21-13-18-5-8-25-15-22(18)32-21/h5-6,8-9,13,15-17,19H,4,7,10-12,14H2,1-3H3,(H,26,30). The molecule has 4 rings (SSSR count). The van der Waals surface area contributed by atoms with Crippen molar-refractivity contribution in [3.05, 3.63) is 48.2 Å². The smallest absolute Gasteiger partial charge is 0.287 e. The van der Waals surface area contributed by atoms with Gasteiger partial charge in [0.25, 0.3) is 11.8 Å². The van der Waals surface area contributed by atoms with E-state index in [0.717, 1.165) is 37.7 Å². The number of pyridine rings is 1. The molecule has 1 aliphatic rings. The average Bonchev–Trinajstić information content (AvgIpc) is 3.17. The highest BCUT2D eigenvalue weighted by Gasteiger charge is 2.37. The SMILES string of the molecule is CCCN(CCC1CC1CNC(=O)c1cc2ccncc2o1)C(=O)c1ccnn1C(C)C. The Morgan fingerprint density at radius 1 is 1.25 bits per heavy atom. The third-order valence-electron chi connectivity index (χ3n) is 6.07. The van der Waals surface area contributed by atoms with Gasteiger partial charge in [0.2, 0.25) is 0 Å². The lowest BCUT2D eigenvalue weighted by Gasteiger charge is -2.23. The minimum atomic E-state index is -0.198. The van der Waals surface area contributed by atoms with E-state index in [-0.39, 0.29) is 17.9 Å². The second-order valence-corrected chi connectivity index (χ2v) is 8.83. The number of hydrogen-bond donors (Lipinski definition) is 1. The monoisotopic (exact) mass is 437 g/mol. The molecule has 3 aromatic heterocycles. The van der Waals surface area contributed by atoms with E-state index < -0.39 is 0 Å². The minimum absolute atomic E-state index is 0.0444. The number of amides is 2. The van der Waals surface area contributed by atoms with Gasteiger partial charge in [-0.05, 0) is 63.1 Å². The van der Waals surface area contributed by atoms with Crippen molar-refractivity contribution in [2.75, 3.05) is 19.6 Å². The first-order valence-electron chi connectivity index (χ1n) is 11.4. The lowest BCUT2D eigenvalue weighted by molar-refractivity contribution is 0.0736. The molecule has 8 heteroatoms. The molecule has 0 aromatic carbocycles. The maximum atomic E-state index is 13.1. The highest BCUT2D eigenvalue weighted by atomic mass is 16.3. The number of nitrogens with one attached hydrogen (secondary N) is 1. The Labute approximate surface area is 188 Å². The average molecular weight is 438 g/mol. The first kappa shape index (κ1) is 22.0. The van der Waals surface area contributed by atoms with Gasteiger partial charge in [-0.25, -0.2) is 0 Å². The quantitative estimate of drug-likeness (QED) is 0.519. The fraction of sp³-hybridized carbons (Fsp3) is 0.500. The van der Waals surface area contributed by atoms with Gasteiger partial charge in [-0.1, -0.05) is 6.92 Å². The predicted molar refractivity (Wildman–Crippen MR) is 121 cm³/mol. The van der Waals surface area contributed by atoms with Crippen molar-refractivity contribution in [1.29, 1.82) is 0 Å². The van der Waals surface area contributed by atoms with Crippen molar-refractivity contribution in [3.8, 4) is 0 Å². The van der Waals surface area contributed by atoms with E-state index in [1.807, 2.05) is 24.8 Å². The van der Waals surface area contributed by atoms with Crippen LogP contribution in [-0.4, -0.2) is 51.1 Å². The molecule has 1 saturated carbocycles. The van der Waals surface area contributed by atoms with Crippen LogP contribution < -0.4 is 5.32 Å². The largest absolute Gasteiger partial charge is 0.449 e. The van der Waals surface area contributed by atoms with Crippen LogP contribution in [0.25, 0.3) is 11.0 Å². The summed E-state index contributed by atoms with van der Waals surface area (Å²) in [5.41, 5.74) is 1.26. The molecule has 2 amide bonds. The minimum Gasteiger partial charge on any atom is -0.449 e. The molecular weight excluding hydrogens is 406 g/mol. The second-order valence-electron chi connectivity index (χ2n) is 8.83. The van der Waals surface area contributed by atoms with Gasteiger partial charge in [0.05, 0.1) is 6.20 Å². The third-order valence-corrected chi connectivity index (χ3v) is 6.07. The number of fused-ring (bicyclic) bond motifs is 1. The molecule has 0 bridgehead atoms. The van der Waals surface area contributed by atoms with Crippen LogP contribution in [0.15, 0.2) is 41.2 Å². The number of nitrogens with zero attached hydrogens (tertiary/aromatic N) is 4. The van der Waals surface area contributed by atoms with Crippen molar-refractivity contribution in [1.82, 2.24) is 25.0 Å². The van der Waals surface area contributed by atoms with Crippen LogP contribution in [-0.2, 0) is 0 Å². The maximum absolute atomic E-state index is 13.1. The molecule has 3 aromatic rings. The maximum Gasteiger partial charge on any atom is 0.287 e. The lowest BCUT2D eigenvalue weighted by Crippen LogP contribution is -2.35. The van der Waals surface area contributed by atoms with Crippen LogP contribution in [0, 0.1) is 11.8 Å². The van der Waals surface area contributed by atoms with Crippen LogP contribution >= 0.6 is 0 Å². The Morgan fingerprint density at radius 3 is 2.84 bits per heavy atom. The fourth-order valence-electron chi connectivity index (χ4n) is 4.18. The predicted octanol–water partition coefficient (Wildman–Crippen LogP) is 3.91. The number of rotatable bonds is 10. The van der Waals surface area contributed by atoms with E-state index in [0.29, 0.717) is 35.4 Å². The summed E-state index contributed by atoms with van der Waals surface area (Å²) in [7, 11) is 0. The van der Waals surface area contributed by atoms with Gasteiger partial charge >= 0.3 is 0 Å². The van der Waals surface area contributed by atoms with Crippen molar-refractivity contribution >= 4 is 22.8 Å². The Morgan fingerprint density at radius 2 is 2.09 bits per heavy atom. The van der Waals surface area contributed by atoms with Crippen molar-refractivity contribution in [3.63, 3.8) is 0 Å². The molecule has 2 atom stereocenters. The zero-order chi connectivity index (χ0) is 22.7. The molecule has 32 heavy (non-hydrogen) atoms. The van der Waals surface area contributed by atoms with Gasteiger partial charge in [-0.2, -0.15) is 5.10 Å². The zero-order valence-corrected chi connectivity index (χ0v) is 19.0. The molecule has 0 aliphatic heterocycles. The fourth-order valence-corrected chi connectivity index (χ4v) is 4.18. The summed E-state index contributed by atoms with van der Waals surface area (Å²) < 4.78 is 7.36. The number of aromatic nitrogens is 3. The summed E-state index contributed by atoms with van der Waals surface area (Å²) in [5.74, 6) is 1.13. The Balaban J connectivity index is 1.26. The zero-order valence-electron chi connectivity index (χ0n) is 19.0. The summed E-state index contributed by atoms with van der Waals surface area (Å²) >= 11 is 0. The molecule has 1 aliphatic carbocycles. The molecule has 0 radical (unpaired) electrons. The normalized spacial score (nSPS) is 17.6. The molecule has 0 spiro atoms. The second kappa shape index (κ2) is 9.54. The molecule has 170 valence electrons. The Kier molecular flexibility index (Phi) is 6.58. The lowest BCUT2D eigenvalue weighted by atomic mass is 10.2. The highest BCUT2D eigenvalue weighted by molar-refractivity contribution is 5.96. The van der Waals surface area contributed by atoms with Crippen molar-refractivity contribution in [2.24, 2.45) is 11.8 Å². The van der Waals surface area contributed by atoms with Gasteiger partial charge in [0.1, 0.15) is 5.69 Å². The summed E-state index contributed by atoms with van der Waals surface area (Å²) in [6.07, 6.45) is 7.91. The molecule has 0 saturated heterocycles. The van der Waals surface area contributed by atoms with Gasteiger partial charge in [-0.15, -0.1) is 0 Å². The number of furan rings is 1. The van der Waals surface area contributed by atoms with Gasteiger partial charge in [-0.3, -0.25) is 19.3 Å². The summed E-state index contributed by atoms with van der Waals surface area (Å²) in [5, 5.41) is 8.15. The van der Waals surface area contributed by atoms with Crippen molar-refractivity contribution < 1.29 is 14.0 Å². The highest BCUT2D eigenvalue weighted by Crippen LogP contribution is 2.40. The molecule has 3 heterocycles. The van der Waals surface area contributed by atoms with Crippen LogP contribution in [0.5, 0.6) is 0 Å². The van der Waals surface area contributed by atoms with E-state index in [1.54, 1.807) is 35.4 Å². The van der Waals surface area contributed by atoms with Gasteiger partial charge in [0, 0.05) is 43.5 Å². The molecular formula is C24H31N5O3. The van der Waals surface area contributed by atoms with E-state index in [2.05, 4.69) is 22.3 Å². The van der Waals surface area contributed by atoms with Gasteiger partial charge < -0.3 is 14.6 Å². The molecule has 1 fully saturated rings. The summed E-state index contributed by atoms with van der Waals surface area (Å²) in [4.78, 5) is 31.4. The van der Waals surface area contributed by atoms with Gasteiger partial charge in [0.15, 0.2) is 11.3 Å². The number of hydrogen-bond acceptors (Lipinski definition) is 5. The summed E-state index contributed by atoms with van der Waals surface area (Å²) in [6, 6.07) is 5.51. The van der Waals surface area contributed by atoms with Crippen LogP contribution in [0.3, 0.4) is 0 Å². The summed E-state index contributed by atoms with van der Waals surface area (Å²) in [6.45, 7) is 8.22.